The summed E-state index contributed by atoms with van der Waals surface area (Å²) in [5.41, 5.74) is -0.496. The van der Waals surface area contributed by atoms with Crippen molar-refractivity contribution in [3.05, 3.63) is 46.4 Å². The van der Waals surface area contributed by atoms with Crippen LogP contribution in [0.2, 0.25) is 0 Å². The number of H-pyrrole nitrogens is 1. The number of aromatic nitrogens is 2. The maximum absolute atomic E-state index is 11.8. The van der Waals surface area contributed by atoms with Gasteiger partial charge in [0.05, 0.1) is 0 Å². The Labute approximate surface area is 104 Å². The first kappa shape index (κ1) is 11.2. The molecular formula is C13H15N2O3+. The molecule has 0 spiro atoms. The van der Waals surface area contributed by atoms with Gasteiger partial charge in [-0.3, -0.25) is 4.52 Å². The average Bonchev–Trinajstić information content (AvgIpc) is 2.98. The first-order valence-electron chi connectivity index (χ1n) is 6.12. The van der Waals surface area contributed by atoms with Crippen molar-refractivity contribution in [3.63, 3.8) is 0 Å². The Bertz CT molecular complexity index is 594. The Balaban J connectivity index is 2.16. The fourth-order valence-electron chi connectivity index (χ4n) is 2.63. The van der Waals surface area contributed by atoms with Crippen LogP contribution in [0.5, 0.6) is 0 Å². The third-order valence-corrected chi connectivity index (χ3v) is 3.53. The summed E-state index contributed by atoms with van der Waals surface area (Å²) in [4.78, 5) is 11.8. The first-order chi connectivity index (χ1) is 8.71. The highest BCUT2D eigenvalue weighted by atomic mass is 16.5. The normalized spacial score (nSPS) is 18.1. The minimum Gasteiger partial charge on any atom is -0.378 e. The molecule has 1 aliphatic rings. The summed E-state index contributed by atoms with van der Waals surface area (Å²) in [5, 5.41) is 13.1. The van der Waals surface area contributed by atoms with Crippen LogP contribution < -0.4 is 10.3 Å². The summed E-state index contributed by atoms with van der Waals surface area (Å²) in [6.45, 7) is 0. The van der Waals surface area contributed by atoms with Crippen molar-refractivity contribution in [3.8, 4) is 5.69 Å². The van der Waals surface area contributed by atoms with Crippen LogP contribution >= 0.6 is 0 Å². The molecular weight excluding hydrogens is 232 g/mol. The summed E-state index contributed by atoms with van der Waals surface area (Å²) in [6.07, 6.45) is 3.05. The van der Waals surface area contributed by atoms with E-state index in [1.807, 2.05) is 30.3 Å². The molecule has 0 atom stereocenters. The Morgan fingerprint density at radius 2 is 1.89 bits per heavy atom. The van der Waals surface area contributed by atoms with Gasteiger partial charge in [-0.2, -0.15) is 0 Å². The molecule has 1 aromatic carbocycles. The molecule has 1 aliphatic carbocycles. The number of nitrogens with zero attached hydrogens (tertiary/aromatic N) is 1. The van der Waals surface area contributed by atoms with Crippen LogP contribution in [0.25, 0.3) is 5.69 Å². The number of nitrogens with one attached hydrogen (secondary N) is 1. The third kappa shape index (κ3) is 1.67. The van der Waals surface area contributed by atoms with Gasteiger partial charge in [-0.25, -0.2) is 4.79 Å². The van der Waals surface area contributed by atoms with Gasteiger partial charge < -0.3 is 5.11 Å². The average molecular weight is 247 g/mol. The monoisotopic (exact) mass is 247 g/mol. The predicted molar refractivity (Wildman–Crippen MR) is 63.2 cm³/mol. The molecule has 0 unspecified atom stereocenters. The second-order valence-electron chi connectivity index (χ2n) is 4.74. The van der Waals surface area contributed by atoms with E-state index in [9.17, 15) is 9.90 Å². The standard InChI is InChI=1S/C13H14N2O3/c16-12-11(13(17)8-4-5-9-13)15(14-18-12)10-6-2-1-3-7-10/h1-3,6-7,17H,4-5,8-9H2/p+1. The molecule has 2 N–H and O–H groups in total. The van der Waals surface area contributed by atoms with Crippen LogP contribution in [0, 0.1) is 0 Å². The van der Waals surface area contributed by atoms with E-state index >= 15 is 0 Å². The van der Waals surface area contributed by atoms with Crippen molar-refractivity contribution in [1.29, 1.82) is 0 Å². The zero-order valence-electron chi connectivity index (χ0n) is 9.93. The van der Waals surface area contributed by atoms with Crippen LogP contribution in [0.4, 0.5) is 0 Å². The molecule has 1 saturated carbocycles. The maximum Gasteiger partial charge on any atom is 0.433 e. The summed E-state index contributed by atoms with van der Waals surface area (Å²) >= 11 is 0. The predicted octanol–water partition coefficient (Wildman–Crippen LogP) is 1.01. The van der Waals surface area contributed by atoms with Gasteiger partial charge in [-0.1, -0.05) is 18.2 Å². The maximum atomic E-state index is 11.8. The molecule has 0 radical (unpaired) electrons. The van der Waals surface area contributed by atoms with Gasteiger partial charge in [-0.05, 0) is 35.6 Å². The highest BCUT2D eigenvalue weighted by Crippen LogP contribution is 2.35. The number of para-hydroxylation sites is 1. The lowest BCUT2D eigenvalue weighted by Gasteiger charge is -2.14. The molecule has 0 saturated heterocycles. The zero-order chi connectivity index (χ0) is 12.6. The van der Waals surface area contributed by atoms with E-state index in [0.717, 1.165) is 18.5 Å². The van der Waals surface area contributed by atoms with Crippen LogP contribution in [-0.4, -0.2) is 10.4 Å². The lowest BCUT2D eigenvalue weighted by atomic mass is 9.98. The molecule has 5 nitrogen and oxygen atoms in total. The van der Waals surface area contributed by atoms with Crippen molar-refractivity contribution in [2.24, 2.45) is 0 Å². The lowest BCUT2D eigenvalue weighted by molar-refractivity contribution is -0.684. The highest BCUT2D eigenvalue weighted by molar-refractivity contribution is 5.22. The number of rotatable bonds is 2. The fourth-order valence-corrected chi connectivity index (χ4v) is 2.63. The summed E-state index contributed by atoms with van der Waals surface area (Å²) in [5.74, 6) is 0. The molecule has 1 fully saturated rings. The summed E-state index contributed by atoms with van der Waals surface area (Å²) < 4.78 is 6.39. The molecule has 0 aliphatic heterocycles. The quantitative estimate of drug-likeness (QED) is 0.778. The summed E-state index contributed by atoms with van der Waals surface area (Å²) in [7, 11) is 0. The van der Waals surface area contributed by atoms with Crippen molar-refractivity contribution >= 4 is 0 Å². The van der Waals surface area contributed by atoms with Gasteiger partial charge >= 0.3 is 11.3 Å². The van der Waals surface area contributed by atoms with Crippen LogP contribution in [-0.2, 0) is 5.60 Å². The lowest BCUT2D eigenvalue weighted by Crippen LogP contribution is -2.46. The van der Waals surface area contributed by atoms with Gasteiger partial charge in [-0.15, -0.1) is 0 Å². The number of hydrogen-bond donors (Lipinski definition) is 2. The fraction of sp³-hybridized carbons (Fsp3) is 0.385. The van der Waals surface area contributed by atoms with Crippen LogP contribution in [0.3, 0.4) is 0 Å². The molecule has 3 rings (SSSR count). The minimum atomic E-state index is -1.07. The van der Waals surface area contributed by atoms with E-state index in [4.69, 9.17) is 4.52 Å². The molecule has 1 heterocycles. The van der Waals surface area contributed by atoms with Gasteiger partial charge in [0, 0.05) is 12.1 Å². The third-order valence-electron chi connectivity index (χ3n) is 3.53. The molecule has 94 valence electrons. The van der Waals surface area contributed by atoms with Gasteiger partial charge in [0.1, 0.15) is 0 Å². The Kier molecular flexibility index (Phi) is 2.56. The number of aromatic amines is 1. The van der Waals surface area contributed by atoms with Gasteiger partial charge in [0.25, 0.3) is 0 Å². The van der Waals surface area contributed by atoms with Crippen molar-refractivity contribution in [2.45, 2.75) is 31.3 Å². The van der Waals surface area contributed by atoms with Crippen molar-refractivity contribution < 1.29 is 14.3 Å². The molecule has 0 bridgehead atoms. The number of aliphatic hydroxyl groups is 1. The summed E-state index contributed by atoms with van der Waals surface area (Å²) in [6, 6.07) is 9.35. The van der Waals surface area contributed by atoms with Crippen LogP contribution in [0.15, 0.2) is 39.6 Å². The second-order valence-corrected chi connectivity index (χ2v) is 4.74. The second kappa shape index (κ2) is 4.10. The molecule has 0 amide bonds. The molecule has 1 aromatic heterocycles. The van der Waals surface area contributed by atoms with E-state index < -0.39 is 11.2 Å². The Morgan fingerprint density at radius 1 is 1.22 bits per heavy atom. The molecule has 18 heavy (non-hydrogen) atoms. The number of hydrogen-bond acceptors (Lipinski definition) is 3. The first-order valence-corrected chi connectivity index (χ1v) is 6.12. The van der Waals surface area contributed by atoms with E-state index in [2.05, 4.69) is 5.27 Å². The molecule has 5 heteroatoms. The van der Waals surface area contributed by atoms with E-state index in [1.165, 1.54) is 4.68 Å². The number of benzene rings is 1. The van der Waals surface area contributed by atoms with Gasteiger partial charge in [0.2, 0.25) is 5.69 Å². The van der Waals surface area contributed by atoms with E-state index in [1.54, 1.807) is 0 Å². The SMILES string of the molecule is O=c1o[nH][n+](-c2ccccc2)c1C1(O)CCCC1. The van der Waals surface area contributed by atoms with Crippen molar-refractivity contribution in [2.75, 3.05) is 0 Å². The van der Waals surface area contributed by atoms with Gasteiger partial charge in [0.15, 0.2) is 5.60 Å². The topological polar surface area (TPSA) is 70.1 Å². The molecule has 2 aromatic rings. The van der Waals surface area contributed by atoms with Crippen molar-refractivity contribution in [1.82, 2.24) is 5.27 Å². The Morgan fingerprint density at radius 3 is 2.56 bits per heavy atom. The van der Waals surface area contributed by atoms with E-state index in [0.29, 0.717) is 18.5 Å². The smallest absolute Gasteiger partial charge is 0.378 e. The highest BCUT2D eigenvalue weighted by Gasteiger charge is 2.46. The van der Waals surface area contributed by atoms with Crippen LogP contribution in [0.1, 0.15) is 31.4 Å². The zero-order valence-corrected chi connectivity index (χ0v) is 9.93. The minimum absolute atomic E-state index is 0.297. The largest absolute Gasteiger partial charge is 0.433 e. The Hall–Kier alpha value is -1.88. The van der Waals surface area contributed by atoms with E-state index in [-0.39, 0.29) is 0 Å².